The maximum absolute atomic E-state index is 11.8. The molecule has 0 fully saturated rings. The van der Waals surface area contributed by atoms with Crippen LogP contribution in [0.15, 0.2) is 42.5 Å². The highest BCUT2D eigenvalue weighted by Crippen LogP contribution is 2.33. The monoisotopic (exact) mass is 343 g/mol. The second-order valence-corrected chi connectivity index (χ2v) is 5.62. The number of carbonyl (C=O) groups is 1. The molecular weight excluding hydrogens is 318 g/mol. The summed E-state index contributed by atoms with van der Waals surface area (Å²) in [5.74, 6) is 1.77. The number of amides is 2. The van der Waals surface area contributed by atoms with E-state index in [2.05, 4.69) is 17.6 Å². The number of urea groups is 1. The molecule has 0 aromatic heterocycles. The lowest BCUT2D eigenvalue weighted by molar-refractivity contribution is 0.252. The van der Waals surface area contributed by atoms with Crippen LogP contribution < -0.4 is 25.8 Å². The number of rotatable bonds is 8. The van der Waals surface area contributed by atoms with Crippen LogP contribution in [-0.2, 0) is 0 Å². The molecule has 0 spiro atoms. The minimum absolute atomic E-state index is 0.204. The Labute approximate surface area is 148 Å². The molecule has 0 radical (unpaired) electrons. The van der Waals surface area contributed by atoms with Crippen molar-refractivity contribution in [2.75, 3.05) is 24.7 Å². The number of carbonyl (C=O) groups excluding carboxylic acids is 1. The number of hydrogen-bond donors (Lipinski definition) is 3. The Morgan fingerprint density at radius 1 is 1.08 bits per heavy atom. The molecule has 6 nitrogen and oxygen atoms in total. The largest absolute Gasteiger partial charge is 0.493 e. The Hall–Kier alpha value is -2.89. The molecular formula is C19H25N3O3. The summed E-state index contributed by atoms with van der Waals surface area (Å²) in [6.07, 6.45) is 3.23. The number of benzene rings is 2. The molecule has 0 heterocycles. The number of methoxy groups -OCH3 is 1. The van der Waals surface area contributed by atoms with Crippen molar-refractivity contribution in [1.82, 2.24) is 5.32 Å². The molecule has 4 N–H and O–H groups in total. The molecule has 2 aromatic carbocycles. The van der Waals surface area contributed by atoms with E-state index < -0.39 is 0 Å². The third kappa shape index (κ3) is 5.91. The zero-order valence-corrected chi connectivity index (χ0v) is 14.7. The van der Waals surface area contributed by atoms with Crippen LogP contribution in [0.2, 0.25) is 0 Å². The van der Waals surface area contributed by atoms with Crippen molar-refractivity contribution in [3.63, 3.8) is 0 Å². The Morgan fingerprint density at radius 3 is 2.52 bits per heavy atom. The standard InChI is InChI=1S/C19H25N3O3/c1-3-4-5-12-21-19(23)22-15-7-9-16(10-8-15)25-17-11-6-14(20)13-18(17)24-2/h6-11,13H,3-5,12,20H2,1-2H3,(H2,21,22,23). The minimum atomic E-state index is -0.204. The minimum Gasteiger partial charge on any atom is -0.493 e. The number of nitrogen functional groups attached to an aromatic ring is 1. The van der Waals surface area contributed by atoms with Gasteiger partial charge in [0, 0.05) is 24.0 Å². The summed E-state index contributed by atoms with van der Waals surface area (Å²) in [5.41, 5.74) is 7.04. The molecule has 0 aliphatic heterocycles. The van der Waals surface area contributed by atoms with Crippen LogP contribution in [0.4, 0.5) is 16.2 Å². The van der Waals surface area contributed by atoms with E-state index in [1.54, 1.807) is 49.6 Å². The van der Waals surface area contributed by atoms with Crippen LogP contribution in [0.3, 0.4) is 0 Å². The molecule has 6 heteroatoms. The van der Waals surface area contributed by atoms with Crippen molar-refractivity contribution in [3.8, 4) is 17.2 Å². The fraction of sp³-hybridized carbons (Fsp3) is 0.316. The Bertz CT molecular complexity index is 687. The van der Waals surface area contributed by atoms with Crippen LogP contribution in [0.1, 0.15) is 26.2 Å². The molecule has 0 saturated heterocycles. The van der Waals surface area contributed by atoms with Crippen molar-refractivity contribution in [2.24, 2.45) is 0 Å². The molecule has 0 unspecified atom stereocenters. The fourth-order valence-corrected chi connectivity index (χ4v) is 2.25. The normalized spacial score (nSPS) is 10.2. The van der Waals surface area contributed by atoms with E-state index in [0.29, 0.717) is 35.2 Å². The van der Waals surface area contributed by atoms with Crippen molar-refractivity contribution >= 4 is 17.4 Å². The third-order valence-corrected chi connectivity index (χ3v) is 3.59. The first-order valence-corrected chi connectivity index (χ1v) is 8.38. The molecule has 0 aliphatic carbocycles. The lowest BCUT2D eigenvalue weighted by atomic mass is 10.2. The van der Waals surface area contributed by atoms with Gasteiger partial charge in [0.25, 0.3) is 0 Å². The van der Waals surface area contributed by atoms with Gasteiger partial charge in [0.2, 0.25) is 0 Å². The van der Waals surface area contributed by atoms with Crippen molar-refractivity contribution in [3.05, 3.63) is 42.5 Å². The summed E-state index contributed by atoms with van der Waals surface area (Å²) < 4.78 is 11.1. The number of nitrogens with one attached hydrogen (secondary N) is 2. The first kappa shape index (κ1) is 18.4. The van der Waals surface area contributed by atoms with E-state index in [4.69, 9.17) is 15.2 Å². The number of unbranched alkanes of at least 4 members (excludes halogenated alkanes) is 2. The van der Waals surface area contributed by atoms with Crippen molar-refractivity contribution in [2.45, 2.75) is 26.2 Å². The lowest BCUT2D eigenvalue weighted by Crippen LogP contribution is -2.29. The van der Waals surface area contributed by atoms with Gasteiger partial charge in [-0.3, -0.25) is 0 Å². The van der Waals surface area contributed by atoms with Crippen LogP contribution >= 0.6 is 0 Å². The van der Waals surface area contributed by atoms with Gasteiger partial charge in [-0.1, -0.05) is 19.8 Å². The van der Waals surface area contributed by atoms with E-state index >= 15 is 0 Å². The average Bonchev–Trinajstić information content (AvgIpc) is 2.62. The Kier molecular flexibility index (Phi) is 6.95. The average molecular weight is 343 g/mol. The predicted octanol–water partition coefficient (Wildman–Crippen LogP) is 4.38. The summed E-state index contributed by atoms with van der Waals surface area (Å²) in [7, 11) is 1.56. The van der Waals surface area contributed by atoms with Gasteiger partial charge in [-0.15, -0.1) is 0 Å². The molecule has 0 bridgehead atoms. The molecule has 0 atom stereocenters. The summed E-state index contributed by atoms with van der Waals surface area (Å²) in [4.78, 5) is 11.8. The van der Waals surface area contributed by atoms with Crippen LogP contribution in [0.25, 0.3) is 0 Å². The first-order chi connectivity index (χ1) is 12.1. The molecule has 2 rings (SSSR count). The Balaban J connectivity index is 1.90. The summed E-state index contributed by atoms with van der Waals surface area (Å²) in [6.45, 7) is 2.81. The smallest absolute Gasteiger partial charge is 0.319 e. The number of hydrogen-bond acceptors (Lipinski definition) is 4. The van der Waals surface area contributed by atoms with Crippen LogP contribution in [0, 0.1) is 0 Å². The van der Waals surface area contributed by atoms with E-state index in [1.165, 1.54) is 0 Å². The highest BCUT2D eigenvalue weighted by atomic mass is 16.5. The lowest BCUT2D eigenvalue weighted by Gasteiger charge is -2.12. The summed E-state index contributed by atoms with van der Waals surface area (Å²) in [6, 6.07) is 12.1. The van der Waals surface area contributed by atoms with Gasteiger partial charge in [0.15, 0.2) is 11.5 Å². The molecule has 25 heavy (non-hydrogen) atoms. The van der Waals surface area contributed by atoms with E-state index in [9.17, 15) is 4.79 Å². The van der Waals surface area contributed by atoms with Gasteiger partial charge in [0.1, 0.15) is 5.75 Å². The van der Waals surface area contributed by atoms with Gasteiger partial charge >= 0.3 is 6.03 Å². The molecule has 0 aliphatic rings. The second-order valence-electron chi connectivity index (χ2n) is 5.62. The van der Waals surface area contributed by atoms with Crippen LogP contribution in [0.5, 0.6) is 17.2 Å². The van der Waals surface area contributed by atoms with E-state index in [-0.39, 0.29) is 6.03 Å². The number of anilines is 2. The van der Waals surface area contributed by atoms with E-state index in [0.717, 1.165) is 19.3 Å². The van der Waals surface area contributed by atoms with Crippen molar-refractivity contribution in [1.29, 1.82) is 0 Å². The highest BCUT2D eigenvalue weighted by Gasteiger charge is 2.07. The van der Waals surface area contributed by atoms with Crippen molar-refractivity contribution < 1.29 is 14.3 Å². The zero-order chi connectivity index (χ0) is 18.1. The van der Waals surface area contributed by atoms with Gasteiger partial charge in [-0.2, -0.15) is 0 Å². The SMILES string of the molecule is CCCCCNC(=O)Nc1ccc(Oc2ccc(N)cc2OC)cc1. The maximum atomic E-state index is 11.8. The summed E-state index contributed by atoms with van der Waals surface area (Å²) in [5, 5.41) is 5.62. The first-order valence-electron chi connectivity index (χ1n) is 8.38. The van der Waals surface area contributed by atoms with Gasteiger partial charge in [-0.25, -0.2) is 4.79 Å². The third-order valence-electron chi connectivity index (χ3n) is 3.59. The zero-order valence-electron chi connectivity index (χ0n) is 14.7. The summed E-state index contributed by atoms with van der Waals surface area (Å²) >= 11 is 0. The predicted molar refractivity (Wildman–Crippen MR) is 100 cm³/mol. The Morgan fingerprint density at radius 2 is 1.84 bits per heavy atom. The maximum Gasteiger partial charge on any atom is 0.319 e. The highest BCUT2D eigenvalue weighted by molar-refractivity contribution is 5.89. The second kappa shape index (κ2) is 9.42. The molecule has 2 amide bonds. The van der Waals surface area contributed by atoms with Gasteiger partial charge < -0.3 is 25.8 Å². The quantitative estimate of drug-likeness (QED) is 0.490. The van der Waals surface area contributed by atoms with Gasteiger partial charge in [0.05, 0.1) is 7.11 Å². The number of ether oxygens (including phenoxy) is 2. The fourth-order valence-electron chi connectivity index (χ4n) is 2.25. The molecule has 2 aromatic rings. The van der Waals surface area contributed by atoms with Crippen LogP contribution in [-0.4, -0.2) is 19.7 Å². The number of nitrogens with two attached hydrogens (primary N) is 1. The molecule has 0 saturated carbocycles. The van der Waals surface area contributed by atoms with Gasteiger partial charge in [-0.05, 0) is 42.8 Å². The molecule has 134 valence electrons. The topological polar surface area (TPSA) is 85.6 Å². The van der Waals surface area contributed by atoms with E-state index in [1.807, 2.05) is 0 Å².